The van der Waals surface area contributed by atoms with Gasteiger partial charge in [0.1, 0.15) is 11.2 Å². The molecule has 0 spiro atoms. The molecule has 2 rings (SSSR count). The van der Waals surface area contributed by atoms with Crippen molar-refractivity contribution in [3.63, 3.8) is 0 Å². The zero-order chi connectivity index (χ0) is 12.6. The summed E-state index contributed by atoms with van der Waals surface area (Å²) >= 11 is 5.99. The maximum atomic E-state index is 8.93. The first-order valence-electron chi connectivity index (χ1n) is 5.43. The van der Waals surface area contributed by atoms with E-state index in [0.717, 1.165) is 16.5 Å². The molecule has 0 radical (unpaired) electrons. The standard InChI is InChI=1S/C14H13ClN2/c1-14(2,3)11-6-4-5-9-7-10(8-16)13(15)17-12(9)11/h4-7H,1-3H3. The number of pyridine rings is 1. The van der Waals surface area contributed by atoms with Crippen LogP contribution in [0.1, 0.15) is 31.9 Å². The Balaban J connectivity index is 2.83. The number of para-hydroxylation sites is 1. The highest BCUT2D eigenvalue weighted by Gasteiger charge is 2.18. The van der Waals surface area contributed by atoms with Crippen molar-refractivity contribution in [1.29, 1.82) is 5.26 Å². The molecule has 0 atom stereocenters. The monoisotopic (exact) mass is 244 g/mol. The number of hydrogen-bond acceptors (Lipinski definition) is 2. The van der Waals surface area contributed by atoms with Gasteiger partial charge in [-0.05, 0) is 17.0 Å². The predicted octanol–water partition coefficient (Wildman–Crippen LogP) is 4.06. The zero-order valence-corrected chi connectivity index (χ0v) is 10.8. The Morgan fingerprint density at radius 3 is 2.59 bits per heavy atom. The van der Waals surface area contributed by atoms with Gasteiger partial charge in [0.25, 0.3) is 0 Å². The molecule has 1 heterocycles. The maximum absolute atomic E-state index is 8.93. The molecule has 1 aromatic heterocycles. The molecule has 86 valence electrons. The van der Waals surface area contributed by atoms with E-state index >= 15 is 0 Å². The van der Waals surface area contributed by atoms with Crippen LogP contribution in [0.5, 0.6) is 0 Å². The first-order chi connectivity index (χ1) is 7.93. The molecule has 2 nitrogen and oxygen atoms in total. The Hall–Kier alpha value is -1.59. The molecule has 0 saturated heterocycles. The minimum atomic E-state index is 0.00397. The van der Waals surface area contributed by atoms with Gasteiger partial charge in [0.2, 0.25) is 0 Å². The summed E-state index contributed by atoms with van der Waals surface area (Å²) in [6, 6.07) is 9.83. The van der Waals surface area contributed by atoms with Gasteiger partial charge in [0.15, 0.2) is 0 Å². The molecular weight excluding hydrogens is 232 g/mol. The number of nitriles is 1. The molecule has 0 unspecified atom stereocenters. The van der Waals surface area contributed by atoms with E-state index in [2.05, 4.69) is 37.9 Å². The molecule has 0 aliphatic heterocycles. The summed E-state index contributed by atoms with van der Waals surface area (Å²) in [7, 11) is 0. The second kappa shape index (κ2) is 4.01. The number of hydrogen-bond donors (Lipinski definition) is 0. The van der Waals surface area contributed by atoms with Gasteiger partial charge in [-0.25, -0.2) is 4.98 Å². The average molecular weight is 245 g/mol. The van der Waals surface area contributed by atoms with Crippen LogP contribution in [-0.4, -0.2) is 4.98 Å². The molecule has 0 aliphatic rings. The van der Waals surface area contributed by atoms with Gasteiger partial charge in [0.05, 0.1) is 11.1 Å². The lowest BCUT2D eigenvalue weighted by atomic mass is 9.85. The lowest BCUT2D eigenvalue weighted by molar-refractivity contribution is 0.594. The predicted molar refractivity (Wildman–Crippen MR) is 70.2 cm³/mol. The van der Waals surface area contributed by atoms with Gasteiger partial charge >= 0.3 is 0 Å². The van der Waals surface area contributed by atoms with Crippen LogP contribution in [0.25, 0.3) is 10.9 Å². The van der Waals surface area contributed by atoms with E-state index in [1.54, 1.807) is 6.07 Å². The highest BCUT2D eigenvalue weighted by Crippen LogP contribution is 2.30. The molecule has 17 heavy (non-hydrogen) atoms. The zero-order valence-electron chi connectivity index (χ0n) is 10.1. The van der Waals surface area contributed by atoms with Crippen molar-refractivity contribution in [3.8, 4) is 6.07 Å². The van der Waals surface area contributed by atoms with Crippen molar-refractivity contribution in [1.82, 2.24) is 4.98 Å². The van der Waals surface area contributed by atoms with Crippen LogP contribution in [0, 0.1) is 11.3 Å². The first-order valence-corrected chi connectivity index (χ1v) is 5.81. The molecule has 0 aliphatic carbocycles. The maximum Gasteiger partial charge on any atom is 0.147 e. The molecule has 3 heteroatoms. The molecule has 1 aromatic carbocycles. The fraction of sp³-hybridized carbons (Fsp3) is 0.286. The van der Waals surface area contributed by atoms with Crippen molar-refractivity contribution < 1.29 is 0 Å². The molecular formula is C14H13ClN2. The van der Waals surface area contributed by atoms with Crippen LogP contribution >= 0.6 is 11.6 Å². The Morgan fingerprint density at radius 2 is 2.00 bits per heavy atom. The molecule has 0 N–H and O–H groups in total. The summed E-state index contributed by atoms with van der Waals surface area (Å²) < 4.78 is 0. The quantitative estimate of drug-likeness (QED) is 0.656. The van der Waals surface area contributed by atoms with E-state index in [0.29, 0.717) is 5.56 Å². The minimum absolute atomic E-state index is 0.00397. The van der Waals surface area contributed by atoms with E-state index in [-0.39, 0.29) is 10.6 Å². The largest absolute Gasteiger partial charge is 0.234 e. The van der Waals surface area contributed by atoms with E-state index in [1.165, 1.54) is 0 Å². The third kappa shape index (κ3) is 2.11. The van der Waals surface area contributed by atoms with Crippen LogP contribution in [-0.2, 0) is 5.41 Å². The summed E-state index contributed by atoms with van der Waals surface area (Å²) in [4.78, 5) is 4.36. The highest BCUT2D eigenvalue weighted by atomic mass is 35.5. The summed E-state index contributed by atoms with van der Waals surface area (Å²) in [5.41, 5.74) is 2.44. The lowest BCUT2D eigenvalue weighted by Crippen LogP contribution is -2.12. The van der Waals surface area contributed by atoms with Crippen LogP contribution in [0.15, 0.2) is 24.3 Å². The van der Waals surface area contributed by atoms with Gasteiger partial charge < -0.3 is 0 Å². The topological polar surface area (TPSA) is 36.7 Å². The number of halogens is 1. The Morgan fingerprint density at radius 1 is 1.29 bits per heavy atom. The lowest BCUT2D eigenvalue weighted by Gasteiger charge is -2.20. The molecule has 0 saturated carbocycles. The summed E-state index contributed by atoms with van der Waals surface area (Å²) in [5.74, 6) is 0. The molecule has 0 amide bonds. The second-order valence-electron chi connectivity index (χ2n) is 5.07. The summed E-state index contributed by atoms with van der Waals surface area (Å²) in [6.07, 6.45) is 0. The van der Waals surface area contributed by atoms with Crippen LogP contribution in [0.4, 0.5) is 0 Å². The third-order valence-corrected chi connectivity index (χ3v) is 3.02. The van der Waals surface area contributed by atoms with Crippen molar-refractivity contribution in [2.45, 2.75) is 26.2 Å². The first kappa shape index (κ1) is 11.9. The molecule has 0 fully saturated rings. The number of benzene rings is 1. The Kier molecular flexibility index (Phi) is 2.81. The smallest absolute Gasteiger partial charge is 0.147 e. The number of fused-ring (bicyclic) bond motifs is 1. The molecule has 0 bridgehead atoms. The highest BCUT2D eigenvalue weighted by molar-refractivity contribution is 6.31. The molecule has 2 aromatic rings. The second-order valence-corrected chi connectivity index (χ2v) is 5.42. The number of rotatable bonds is 0. The van der Waals surface area contributed by atoms with Crippen molar-refractivity contribution in [3.05, 3.63) is 40.5 Å². The normalized spacial score (nSPS) is 11.5. The average Bonchev–Trinajstić information content (AvgIpc) is 2.26. The van der Waals surface area contributed by atoms with E-state index in [9.17, 15) is 0 Å². The van der Waals surface area contributed by atoms with Crippen LogP contribution in [0.3, 0.4) is 0 Å². The Bertz CT molecular complexity index is 618. The fourth-order valence-corrected chi connectivity index (χ4v) is 2.04. The van der Waals surface area contributed by atoms with Gasteiger partial charge in [-0.15, -0.1) is 0 Å². The van der Waals surface area contributed by atoms with Crippen LogP contribution < -0.4 is 0 Å². The van der Waals surface area contributed by atoms with Crippen molar-refractivity contribution >= 4 is 22.5 Å². The van der Waals surface area contributed by atoms with Crippen molar-refractivity contribution in [2.75, 3.05) is 0 Å². The summed E-state index contributed by atoms with van der Waals surface area (Å²) in [5, 5.41) is 10.2. The minimum Gasteiger partial charge on any atom is -0.234 e. The van der Waals surface area contributed by atoms with Crippen LogP contribution in [0.2, 0.25) is 5.15 Å². The third-order valence-electron chi connectivity index (χ3n) is 2.73. The summed E-state index contributed by atoms with van der Waals surface area (Å²) in [6.45, 7) is 6.40. The van der Waals surface area contributed by atoms with Gasteiger partial charge in [-0.2, -0.15) is 5.26 Å². The van der Waals surface area contributed by atoms with E-state index in [4.69, 9.17) is 16.9 Å². The van der Waals surface area contributed by atoms with Gasteiger partial charge in [-0.3, -0.25) is 0 Å². The van der Waals surface area contributed by atoms with E-state index < -0.39 is 0 Å². The fourth-order valence-electron chi connectivity index (χ4n) is 1.86. The van der Waals surface area contributed by atoms with Gasteiger partial charge in [0, 0.05) is 5.39 Å². The van der Waals surface area contributed by atoms with Crippen molar-refractivity contribution in [2.24, 2.45) is 0 Å². The van der Waals surface area contributed by atoms with E-state index in [1.807, 2.05) is 12.1 Å². The Labute approximate surface area is 106 Å². The van der Waals surface area contributed by atoms with Gasteiger partial charge in [-0.1, -0.05) is 50.6 Å². The number of nitrogens with zero attached hydrogens (tertiary/aromatic N) is 2. The SMILES string of the molecule is CC(C)(C)c1cccc2cc(C#N)c(Cl)nc12. The number of aromatic nitrogens is 1.